The van der Waals surface area contributed by atoms with Crippen molar-refractivity contribution in [3.63, 3.8) is 0 Å². The van der Waals surface area contributed by atoms with Crippen LogP contribution in [0.15, 0.2) is 42.5 Å². The minimum absolute atomic E-state index is 0.306. The number of fused-ring (bicyclic) bond motifs is 2. The number of rotatable bonds is 3. The average molecular weight is 489 g/mol. The second kappa shape index (κ2) is 7.20. The molecule has 1 spiro atoms. The number of anilines is 1. The van der Waals surface area contributed by atoms with Crippen molar-refractivity contribution in [2.45, 2.75) is 31.7 Å². The van der Waals surface area contributed by atoms with Gasteiger partial charge in [-0.1, -0.05) is 24.3 Å². The Balaban J connectivity index is 1.55. The molecular weight excluding hydrogens is 469 g/mol. The van der Waals surface area contributed by atoms with Crippen LogP contribution >= 0.6 is 22.6 Å². The van der Waals surface area contributed by atoms with Gasteiger partial charge in [0.05, 0.1) is 0 Å². The van der Waals surface area contributed by atoms with E-state index in [-0.39, 0.29) is 12.5 Å². The largest absolute Gasteiger partial charge is 0.325 e. The molecule has 28 heavy (non-hydrogen) atoms. The Morgan fingerprint density at radius 1 is 1.25 bits per heavy atom. The first-order chi connectivity index (χ1) is 13.4. The third-order valence-corrected chi connectivity index (χ3v) is 6.09. The van der Waals surface area contributed by atoms with Gasteiger partial charge in [0, 0.05) is 9.26 Å². The van der Waals surface area contributed by atoms with Gasteiger partial charge < -0.3 is 10.6 Å². The molecule has 6 nitrogen and oxygen atoms in total. The summed E-state index contributed by atoms with van der Waals surface area (Å²) in [7, 11) is 0. The number of aryl methyl sites for hydroxylation is 2. The molecule has 2 N–H and O–H groups in total. The number of nitrogens with one attached hydrogen (secondary N) is 2. The molecule has 0 radical (unpaired) electrons. The lowest BCUT2D eigenvalue weighted by atomic mass is 9.76. The van der Waals surface area contributed by atoms with E-state index in [2.05, 4.69) is 33.2 Å². The number of hydrogen-bond acceptors (Lipinski definition) is 3. The number of benzene rings is 2. The molecule has 1 saturated heterocycles. The Morgan fingerprint density at radius 2 is 2.04 bits per heavy atom. The molecule has 144 valence electrons. The van der Waals surface area contributed by atoms with Gasteiger partial charge in [-0.05, 0) is 83.7 Å². The molecule has 1 aliphatic carbocycles. The van der Waals surface area contributed by atoms with Gasteiger partial charge in [0.2, 0.25) is 5.91 Å². The molecule has 0 bridgehead atoms. The van der Waals surface area contributed by atoms with E-state index in [1.807, 2.05) is 49.4 Å². The Bertz CT molecular complexity index is 991. The first-order valence-electron chi connectivity index (χ1n) is 9.19. The smallest absolute Gasteiger partial charge is 0.324 e. The summed E-state index contributed by atoms with van der Waals surface area (Å²) in [5.74, 6) is -0.743. The monoisotopic (exact) mass is 489 g/mol. The van der Waals surface area contributed by atoms with Crippen molar-refractivity contribution in [2.24, 2.45) is 0 Å². The van der Waals surface area contributed by atoms with Gasteiger partial charge >= 0.3 is 6.03 Å². The molecule has 1 fully saturated rings. The highest BCUT2D eigenvalue weighted by molar-refractivity contribution is 14.1. The maximum Gasteiger partial charge on any atom is 0.325 e. The highest BCUT2D eigenvalue weighted by Gasteiger charge is 2.54. The van der Waals surface area contributed by atoms with Gasteiger partial charge in [0.25, 0.3) is 5.91 Å². The van der Waals surface area contributed by atoms with Crippen LogP contribution in [0, 0.1) is 10.5 Å². The van der Waals surface area contributed by atoms with Crippen molar-refractivity contribution >= 4 is 46.1 Å². The average Bonchev–Trinajstić information content (AvgIpc) is 2.89. The van der Waals surface area contributed by atoms with Crippen molar-refractivity contribution in [3.8, 4) is 0 Å². The summed E-state index contributed by atoms with van der Waals surface area (Å²) in [5, 5.41) is 5.67. The van der Waals surface area contributed by atoms with E-state index >= 15 is 0 Å². The number of carbonyl (C=O) groups excluding carboxylic acids is 3. The van der Waals surface area contributed by atoms with E-state index in [0.29, 0.717) is 12.1 Å². The molecular formula is C21H20IN3O3. The highest BCUT2D eigenvalue weighted by atomic mass is 127. The zero-order chi connectivity index (χ0) is 19.9. The van der Waals surface area contributed by atoms with Crippen LogP contribution in [-0.4, -0.2) is 29.3 Å². The van der Waals surface area contributed by atoms with E-state index in [1.54, 1.807) is 0 Å². The van der Waals surface area contributed by atoms with Crippen molar-refractivity contribution in [2.75, 3.05) is 11.9 Å². The van der Waals surface area contributed by atoms with E-state index in [9.17, 15) is 14.4 Å². The summed E-state index contributed by atoms with van der Waals surface area (Å²) in [4.78, 5) is 39.4. The van der Waals surface area contributed by atoms with Crippen molar-refractivity contribution in [1.29, 1.82) is 0 Å². The zero-order valence-corrected chi connectivity index (χ0v) is 17.6. The summed E-state index contributed by atoms with van der Waals surface area (Å²) in [6, 6.07) is 12.8. The van der Waals surface area contributed by atoms with Crippen molar-refractivity contribution < 1.29 is 14.4 Å². The molecule has 1 heterocycles. The highest BCUT2D eigenvalue weighted by Crippen LogP contribution is 2.39. The Hall–Kier alpha value is -2.42. The molecule has 2 aromatic carbocycles. The van der Waals surface area contributed by atoms with Crippen LogP contribution in [0.3, 0.4) is 0 Å². The third-order valence-electron chi connectivity index (χ3n) is 5.42. The maximum absolute atomic E-state index is 13.2. The first-order valence-corrected chi connectivity index (χ1v) is 10.3. The topological polar surface area (TPSA) is 78.5 Å². The maximum atomic E-state index is 13.2. The van der Waals surface area contributed by atoms with E-state index < -0.39 is 17.5 Å². The quantitative estimate of drug-likeness (QED) is 0.513. The number of amides is 4. The lowest BCUT2D eigenvalue weighted by molar-refractivity contribution is -0.134. The number of hydrogen-bond donors (Lipinski definition) is 2. The predicted molar refractivity (Wildman–Crippen MR) is 114 cm³/mol. The van der Waals surface area contributed by atoms with E-state index in [0.717, 1.165) is 38.0 Å². The fourth-order valence-electron chi connectivity index (χ4n) is 4.06. The molecule has 1 unspecified atom stereocenters. The van der Waals surface area contributed by atoms with Crippen LogP contribution in [-0.2, 0) is 21.5 Å². The Kier molecular flexibility index (Phi) is 4.86. The van der Waals surface area contributed by atoms with Crippen LogP contribution in [0.4, 0.5) is 10.5 Å². The Labute approximate surface area is 176 Å². The molecule has 1 atom stereocenters. The SMILES string of the molecule is Cc1cc(I)ccc1NC(=O)CN1C(=O)NC2(CCCc3ccccc32)C1=O. The lowest BCUT2D eigenvalue weighted by Crippen LogP contribution is -2.47. The van der Waals surface area contributed by atoms with Gasteiger partial charge in [0.15, 0.2) is 0 Å². The molecule has 2 aromatic rings. The van der Waals surface area contributed by atoms with E-state index in [1.165, 1.54) is 0 Å². The van der Waals surface area contributed by atoms with Crippen molar-refractivity contribution in [1.82, 2.24) is 10.2 Å². The van der Waals surface area contributed by atoms with Crippen LogP contribution in [0.1, 0.15) is 29.5 Å². The second-order valence-corrected chi connectivity index (χ2v) is 8.49. The van der Waals surface area contributed by atoms with Crippen LogP contribution in [0.2, 0.25) is 0 Å². The van der Waals surface area contributed by atoms with Gasteiger partial charge in [-0.25, -0.2) is 4.79 Å². The molecule has 4 rings (SSSR count). The molecule has 7 heteroatoms. The summed E-state index contributed by atoms with van der Waals surface area (Å²) in [5.41, 5.74) is 2.47. The normalized spacial score (nSPS) is 20.9. The number of nitrogens with zero attached hydrogens (tertiary/aromatic N) is 1. The van der Waals surface area contributed by atoms with Gasteiger partial charge in [0.1, 0.15) is 12.1 Å². The second-order valence-electron chi connectivity index (χ2n) is 7.24. The minimum atomic E-state index is -1.05. The molecule has 0 aromatic heterocycles. The van der Waals surface area contributed by atoms with Crippen LogP contribution in [0.25, 0.3) is 0 Å². The third kappa shape index (κ3) is 3.17. The number of imide groups is 1. The fraction of sp³-hybridized carbons (Fsp3) is 0.286. The molecule has 1 aliphatic heterocycles. The summed E-state index contributed by atoms with van der Waals surface area (Å²) >= 11 is 2.20. The number of halogens is 1. The van der Waals surface area contributed by atoms with Crippen molar-refractivity contribution in [3.05, 3.63) is 62.7 Å². The Morgan fingerprint density at radius 3 is 2.82 bits per heavy atom. The summed E-state index contributed by atoms with van der Waals surface area (Å²) in [6.45, 7) is 1.60. The fourth-order valence-corrected chi connectivity index (χ4v) is 4.70. The number of urea groups is 1. The molecule has 4 amide bonds. The van der Waals surface area contributed by atoms with Crippen LogP contribution in [0.5, 0.6) is 0 Å². The lowest BCUT2D eigenvalue weighted by Gasteiger charge is -2.33. The molecule has 2 aliphatic rings. The summed E-state index contributed by atoms with van der Waals surface area (Å²) in [6.07, 6.45) is 2.24. The summed E-state index contributed by atoms with van der Waals surface area (Å²) < 4.78 is 1.07. The molecule has 0 saturated carbocycles. The zero-order valence-electron chi connectivity index (χ0n) is 15.4. The first kappa shape index (κ1) is 18.9. The standard InChI is InChI=1S/C21H20IN3O3/c1-13-11-15(22)8-9-17(13)23-18(26)12-25-19(27)21(24-20(25)28)10-4-6-14-5-2-3-7-16(14)21/h2-3,5,7-9,11H,4,6,10,12H2,1H3,(H,23,26)(H,24,28). The predicted octanol–water partition coefficient (Wildman–Crippen LogP) is 3.32. The van der Waals surface area contributed by atoms with Gasteiger partial charge in [-0.15, -0.1) is 0 Å². The minimum Gasteiger partial charge on any atom is -0.324 e. The number of carbonyl (C=O) groups is 3. The van der Waals surface area contributed by atoms with E-state index in [4.69, 9.17) is 0 Å². The van der Waals surface area contributed by atoms with Gasteiger partial charge in [-0.2, -0.15) is 0 Å². The van der Waals surface area contributed by atoms with Gasteiger partial charge in [-0.3, -0.25) is 14.5 Å². The van der Waals surface area contributed by atoms with Crippen LogP contribution < -0.4 is 10.6 Å².